The molecule has 142 valence electrons. The molecule has 7 nitrogen and oxygen atoms in total. The van der Waals surface area contributed by atoms with Crippen molar-refractivity contribution < 1.29 is 14.3 Å². The Morgan fingerprint density at radius 2 is 2.15 bits per heavy atom. The molecule has 1 saturated carbocycles. The quantitative estimate of drug-likeness (QED) is 0.867. The van der Waals surface area contributed by atoms with Crippen LogP contribution in [0.4, 0.5) is 21.0 Å². The molecule has 3 rings (SSSR count). The first-order valence-electron chi connectivity index (χ1n) is 9.24. The molecule has 0 bridgehead atoms. The number of nitrogens with one attached hydrogen (secondary N) is 2. The van der Waals surface area contributed by atoms with Gasteiger partial charge in [0.05, 0.1) is 18.8 Å². The van der Waals surface area contributed by atoms with Gasteiger partial charge in [-0.15, -0.1) is 0 Å². The number of urea groups is 2. The van der Waals surface area contributed by atoms with Crippen LogP contribution in [-0.2, 0) is 4.74 Å². The van der Waals surface area contributed by atoms with Crippen molar-refractivity contribution in [2.24, 2.45) is 5.92 Å². The first kappa shape index (κ1) is 18.5. The second-order valence-corrected chi connectivity index (χ2v) is 7.23. The van der Waals surface area contributed by atoms with Gasteiger partial charge in [0.2, 0.25) is 0 Å². The number of benzene rings is 1. The van der Waals surface area contributed by atoms with Gasteiger partial charge < -0.3 is 20.3 Å². The minimum Gasteiger partial charge on any atom is -0.371 e. The van der Waals surface area contributed by atoms with Crippen molar-refractivity contribution in [2.75, 3.05) is 43.5 Å². The van der Waals surface area contributed by atoms with Crippen LogP contribution in [0.1, 0.15) is 26.7 Å². The molecule has 0 unspecified atom stereocenters. The van der Waals surface area contributed by atoms with Crippen molar-refractivity contribution >= 4 is 23.4 Å². The van der Waals surface area contributed by atoms with E-state index >= 15 is 0 Å². The number of carbonyl (C=O) groups is 2. The fourth-order valence-electron chi connectivity index (χ4n) is 3.39. The summed E-state index contributed by atoms with van der Waals surface area (Å²) >= 11 is 0. The number of hydrogen-bond acceptors (Lipinski definition) is 3. The van der Waals surface area contributed by atoms with Crippen LogP contribution in [0.3, 0.4) is 0 Å². The number of amides is 4. The lowest BCUT2D eigenvalue weighted by Crippen LogP contribution is -2.54. The third-order valence-corrected chi connectivity index (χ3v) is 5.14. The van der Waals surface area contributed by atoms with E-state index in [0.717, 1.165) is 5.69 Å². The maximum atomic E-state index is 12.7. The predicted molar refractivity (Wildman–Crippen MR) is 102 cm³/mol. The van der Waals surface area contributed by atoms with Gasteiger partial charge in [-0.2, -0.15) is 0 Å². The molecule has 2 fully saturated rings. The zero-order valence-electron chi connectivity index (χ0n) is 15.7. The fraction of sp³-hybridized carbons (Fsp3) is 0.579. The number of ether oxygens (including phenoxy) is 1. The van der Waals surface area contributed by atoms with E-state index < -0.39 is 0 Å². The van der Waals surface area contributed by atoms with Gasteiger partial charge in [-0.25, -0.2) is 9.59 Å². The van der Waals surface area contributed by atoms with Crippen LogP contribution in [0.2, 0.25) is 0 Å². The summed E-state index contributed by atoms with van der Waals surface area (Å²) in [7, 11) is 1.70. The summed E-state index contributed by atoms with van der Waals surface area (Å²) in [4.78, 5) is 28.0. The Bertz CT molecular complexity index is 677. The van der Waals surface area contributed by atoms with Crippen molar-refractivity contribution in [3.8, 4) is 0 Å². The maximum Gasteiger partial charge on any atom is 0.322 e. The van der Waals surface area contributed by atoms with E-state index in [4.69, 9.17) is 4.74 Å². The van der Waals surface area contributed by atoms with Gasteiger partial charge >= 0.3 is 12.1 Å². The van der Waals surface area contributed by atoms with Crippen molar-refractivity contribution in [3.63, 3.8) is 0 Å². The highest BCUT2D eigenvalue weighted by atomic mass is 16.5. The molecule has 1 aliphatic carbocycles. The van der Waals surface area contributed by atoms with Gasteiger partial charge in [-0.1, -0.05) is 6.07 Å². The largest absolute Gasteiger partial charge is 0.371 e. The molecule has 0 radical (unpaired) electrons. The van der Waals surface area contributed by atoms with Gasteiger partial charge in [0.25, 0.3) is 0 Å². The van der Waals surface area contributed by atoms with E-state index in [1.165, 1.54) is 17.7 Å². The zero-order valence-corrected chi connectivity index (χ0v) is 15.7. The van der Waals surface area contributed by atoms with Crippen LogP contribution in [0.5, 0.6) is 0 Å². The predicted octanol–water partition coefficient (Wildman–Crippen LogP) is 2.89. The molecule has 1 aromatic rings. The first-order valence-corrected chi connectivity index (χ1v) is 9.24. The second-order valence-electron chi connectivity index (χ2n) is 7.23. The zero-order chi connectivity index (χ0) is 18.7. The third kappa shape index (κ3) is 4.09. The molecular formula is C19H28N4O3. The molecule has 7 heteroatoms. The average molecular weight is 360 g/mol. The Morgan fingerprint density at radius 1 is 1.38 bits per heavy atom. The normalized spacial score (nSPS) is 22.7. The van der Waals surface area contributed by atoms with E-state index in [1.807, 2.05) is 30.0 Å². The summed E-state index contributed by atoms with van der Waals surface area (Å²) in [6, 6.07) is 6.99. The lowest BCUT2D eigenvalue weighted by Gasteiger charge is -2.40. The number of rotatable bonds is 4. The Morgan fingerprint density at radius 3 is 2.85 bits per heavy atom. The summed E-state index contributed by atoms with van der Waals surface area (Å²) in [6.07, 6.45) is 2.36. The van der Waals surface area contributed by atoms with Gasteiger partial charge in [0.1, 0.15) is 0 Å². The Kier molecular flexibility index (Phi) is 5.36. The van der Waals surface area contributed by atoms with Crippen LogP contribution in [0.15, 0.2) is 24.3 Å². The number of morpholine rings is 1. The van der Waals surface area contributed by atoms with E-state index in [1.54, 1.807) is 13.1 Å². The molecule has 1 atom stereocenters. The van der Waals surface area contributed by atoms with Crippen LogP contribution in [0, 0.1) is 5.92 Å². The lowest BCUT2D eigenvalue weighted by atomic mass is 9.98. The highest BCUT2D eigenvalue weighted by Gasteiger charge is 2.46. The molecule has 2 aliphatic rings. The van der Waals surface area contributed by atoms with Crippen molar-refractivity contribution in [1.82, 2.24) is 10.2 Å². The van der Waals surface area contributed by atoms with Crippen LogP contribution >= 0.6 is 0 Å². The molecule has 26 heavy (non-hydrogen) atoms. The van der Waals surface area contributed by atoms with Crippen molar-refractivity contribution in [3.05, 3.63) is 24.3 Å². The molecule has 1 saturated heterocycles. The summed E-state index contributed by atoms with van der Waals surface area (Å²) in [5.41, 5.74) is 1.16. The molecule has 1 aliphatic heterocycles. The van der Waals surface area contributed by atoms with Crippen molar-refractivity contribution in [1.29, 1.82) is 0 Å². The molecule has 1 aromatic carbocycles. The smallest absolute Gasteiger partial charge is 0.322 e. The van der Waals surface area contributed by atoms with Gasteiger partial charge in [-0.05, 0) is 50.8 Å². The molecule has 0 spiro atoms. The van der Waals surface area contributed by atoms with E-state index in [-0.39, 0.29) is 17.7 Å². The maximum absolute atomic E-state index is 12.7. The molecule has 2 N–H and O–H groups in total. The summed E-state index contributed by atoms with van der Waals surface area (Å²) in [5, 5.41) is 5.71. The van der Waals surface area contributed by atoms with E-state index in [2.05, 4.69) is 17.6 Å². The van der Waals surface area contributed by atoms with Gasteiger partial charge in [0, 0.05) is 31.5 Å². The molecule has 1 heterocycles. The summed E-state index contributed by atoms with van der Waals surface area (Å²) < 4.78 is 5.95. The molecular weight excluding hydrogens is 332 g/mol. The number of carbonyl (C=O) groups excluding carboxylic acids is 2. The number of hydrogen-bond donors (Lipinski definition) is 2. The Labute approximate surface area is 154 Å². The number of anilines is 2. The van der Waals surface area contributed by atoms with Crippen LogP contribution < -0.4 is 15.5 Å². The van der Waals surface area contributed by atoms with Crippen LogP contribution in [-0.4, -0.2) is 55.9 Å². The van der Waals surface area contributed by atoms with Crippen molar-refractivity contribution in [2.45, 2.75) is 32.3 Å². The first-order chi connectivity index (χ1) is 12.4. The molecule has 4 amide bonds. The Hall–Kier alpha value is -2.28. The molecule has 0 aromatic heterocycles. The third-order valence-electron chi connectivity index (χ3n) is 5.14. The van der Waals surface area contributed by atoms with Crippen LogP contribution in [0.25, 0.3) is 0 Å². The standard InChI is InChI=1S/C19H28N4O3/c1-4-20-17(24)22(3)16-7-5-6-15(12-16)21-18(25)23-10-11-26-19(2,13-23)14-8-9-14/h5-7,12,14H,4,8-11,13H2,1-3H3,(H,20,24)(H,21,25)/t19-/m0/s1. The summed E-state index contributed by atoms with van der Waals surface area (Å²) in [6.45, 7) is 6.32. The minimum atomic E-state index is -0.226. The summed E-state index contributed by atoms with van der Waals surface area (Å²) in [5.74, 6) is 0.562. The number of nitrogens with zero attached hydrogens (tertiary/aromatic N) is 2. The van der Waals surface area contributed by atoms with E-state index in [0.29, 0.717) is 37.8 Å². The average Bonchev–Trinajstić information content (AvgIpc) is 3.47. The van der Waals surface area contributed by atoms with Gasteiger partial charge in [0.15, 0.2) is 0 Å². The Balaban J connectivity index is 1.64. The highest BCUT2D eigenvalue weighted by Crippen LogP contribution is 2.43. The second kappa shape index (κ2) is 7.53. The highest BCUT2D eigenvalue weighted by molar-refractivity contribution is 5.94. The minimum absolute atomic E-state index is 0.127. The fourth-order valence-corrected chi connectivity index (χ4v) is 3.39. The van der Waals surface area contributed by atoms with Gasteiger partial charge in [-0.3, -0.25) is 4.90 Å². The van der Waals surface area contributed by atoms with E-state index in [9.17, 15) is 9.59 Å². The topological polar surface area (TPSA) is 73.9 Å². The monoisotopic (exact) mass is 360 g/mol. The SMILES string of the molecule is CCNC(=O)N(C)c1cccc(NC(=O)N2CCO[C@](C)(C3CC3)C2)c1. The lowest BCUT2D eigenvalue weighted by molar-refractivity contribution is -0.0977.